The predicted molar refractivity (Wildman–Crippen MR) is 86.3 cm³/mol. The lowest BCUT2D eigenvalue weighted by Gasteiger charge is -2.27. The second-order valence-electron chi connectivity index (χ2n) is 5.56. The van der Waals surface area contributed by atoms with Crippen molar-refractivity contribution in [3.05, 3.63) is 34.9 Å². The zero-order chi connectivity index (χ0) is 15.8. The SMILES string of the molecule is CC(O)CN(CCC(=O)NCc1ccccc1Cl)C(C)C. The minimum absolute atomic E-state index is 0.00818. The maximum Gasteiger partial charge on any atom is 0.221 e. The molecule has 5 heteroatoms. The van der Waals surface area contributed by atoms with Crippen molar-refractivity contribution >= 4 is 17.5 Å². The van der Waals surface area contributed by atoms with Gasteiger partial charge in [-0.15, -0.1) is 0 Å². The Hall–Kier alpha value is -1.10. The minimum Gasteiger partial charge on any atom is -0.392 e. The minimum atomic E-state index is -0.390. The summed E-state index contributed by atoms with van der Waals surface area (Å²) in [6.45, 7) is 7.53. The van der Waals surface area contributed by atoms with Gasteiger partial charge in [0.25, 0.3) is 0 Å². The molecule has 1 amide bonds. The van der Waals surface area contributed by atoms with Crippen LogP contribution in [0, 0.1) is 0 Å². The number of benzene rings is 1. The van der Waals surface area contributed by atoms with Gasteiger partial charge in [0.1, 0.15) is 0 Å². The van der Waals surface area contributed by atoms with Crippen LogP contribution in [0.3, 0.4) is 0 Å². The number of hydrogen-bond acceptors (Lipinski definition) is 3. The average Bonchev–Trinajstić information content (AvgIpc) is 2.41. The fraction of sp³-hybridized carbons (Fsp3) is 0.562. The zero-order valence-corrected chi connectivity index (χ0v) is 13.7. The first kappa shape index (κ1) is 18.0. The largest absolute Gasteiger partial charge is 0.392 e. The van der Waals surface area contributed by atoms with E-state index in [4.69, 9.17) is 11.6 Å². The molecular weight excluding hydrogens is 288 g/mol. The Morgan fingerprint density at radius 1 is 1.33 bits per heavy atom. The van der Waals surface area contributed by atoms with Gasteiger partial charge in [-0.2, -0.15) is 0 Å². The molecule has 1 rings (SSSR count). The van der Waals surface area contributed by atoms with Gasteiger partial charge in [-0.3, -0.25) is 9.69 Å². The van der Waals surface area contributed by atoms with E-state index in [-0.39, 0.29) is 5.91 Å². The van der Waals surface area contributed by atoms with E-state index >= 15 is 0 Å². The Morgan fingerprint density at radius 2 is 2.00 bits per heavy atom. The van der Waals surface area contributed by atoms with Crippen LogP contribution in [0.5, 0.6) is 0 Å². The highest BCUT2D eigenvalue weighted by molar-refractivity contribution is 6.31. The van der Waals surface area contributed by atoms with Crippen molar-refractivity contribution < 1.29 is 9.90 Å². The summed E-state index contributed by atoms with van der Waals surface area (Å²) >= 11 is 6.05. The lowest BCUT2D eigenvalue weighted by atomic mass is 10.2. The molecule has 0 radical (unpaired) electrons. The van der Waals surface area contributed by atoms with Crippen LogP contribution in [0.25, 0.3) is 0 Å². The fourth-order valence-electron chi connectivity index (χ4n) is 2.07. The Labute approximate surface area is 132 Å². The Morgan fingerprint density at radius 3 is 2.57 bits per heavy atom. The molecule has 1 aromatic rings. The second kappa shape index (κ2) is 9.03. The number of amides is 1. The molecule has 0 bridgehead atoms. The van der Waals surface area contributed by atoms with Crippen LogP contribution in [-0.4, -0.2) is 41.1 Å². The van der Waals surface area contributed by atoms with Crippen LogP contribution in [0.15, 0.2) is 24.3 Å². The third-order valence-electron chi connectivity index (χ3n) is 3.29. The van der Waals surface area contributed by atoms with Gasteiger partial charge in [0.15, 0.2) is 0 Å². The summed E-state index contributed by atoms with van der Waals surface area (Å²) in [4.78, 5) is 14.0. The molecule has 1 atom stereocenters. The number of halogens is 1. The molecule has 0 aromatic heterocycles. The van der Waals surface area contributed by atoms with E-state index in [2.05, 4.69) is 24.1 Å². The predicted octanol–water partition coefficient (Wildman–Crippen LogP) is 2.44. The molecule has 0 aliphatic heterocycles. The van der Waals surface area contributed by atoms with E-state index in [1.807, 2.05) is 24.3 Å². The van der Waals surface area contributed by atoms with Crippen molar-refractivity contribution in [2.75, 3.05) is 13.1 Å². The van der Waals surface area contributed by atoms with Gasteiger partial charge in [-0.1, -0.05) is 29.8 Å². The molecule has 1 aromatic carbocycles. The van der Waals surface area contributed by atoms with Crippen LogP contribution in [0.4, 0.5) is 0 Å². The fourth-order valence-corrected chi connectivity index (χ4v) is 2.27. The van der Waals surface area contributed by atoms with Crippen molar-refractivity contribution in [3.8, 4) is 0 Å². The first-order chi connectivity index (χ1) is 9.90. The Kier molecular flexibility index (Phi) is 7.72. The van der Waals surface area contributed by atoms with Gasteiger partial charge in [0.2, 0.25) is 5.91 Å². The van der Waals surface area contributed by atoms with Gasteiger partial charge < -0.3 is 10.4 Å². The van der Waals surface area contributed by atoms with E-state index in [1.54, 1.807) is 6.92 Å². The molecule has 0 spiro atoms. The maximum atomic E-state index is 11.9. The summed E-state index contributed by atoms with van der Waals surface area (Å²) in [6, 6.07) is 7.78. The maximum absolute atomic E-state index is 11.9. The molecule has 0 saturated heterocycles. The molecule has 0 aliphatic carbocycles. The zero-order valence-electron chi connectivity index (χ0n) is 13.0. The van der Waals surface area contributed by atoms with E-state index in [1.165, 1.54) is 0 Å². The Balaban J connectivity index is 2.38. The van der Waals surface area contributed by atoms with Gasteiger partial charge in [-0.05, 0) is 32.4 Å². The number of aliphatic hydroxyl groups excluding tert-OH is 1. The third kappa shape index (κ3) is 6.93. The first-order valence-electron chi connectivity index (χ1n) is 7.32. The van der Waals surface area contributed by atoms with Crippen LogP contribution in [-0.2, 0) is 11.3 Å². The van der Waals surface area contributed by atoms with Gasteiger partial charge in [0.05, 0.1) is 6.10 Å². The van der Waals surface area contributed by atoms with E-state index in [9.17, 15) is 9.90 Å². The molecule has 0 heterocycles. The first-order valence-corrected chi connectivity index (χ1v) is 7.70. The van der Waals surface area contributed by atoms with Crippen molar-refractivity contribution in [1.29, 1.82) is 0 Å². The summed E-state index contributed by atoms with van der Waals surface area (Å²) in [5, 5.41) is 13.0. The van der Waals surface area contributed by atoms with Crippen LogP contribution in [0.2, 0.25) is 5.02 Å². The molecule has 1 unspecified atom stereocenters. The van der Waals surface area contributed by atoms with Crippen LogP contribution < -0.4 is 5.32 Å². The van der Waals surface area contributed by atoms with Crippen molar-refractivity contribution in [1.82, 2.24) is 10.2 Å². The lowest BCUT2D eigenvalue weighted by molar-refractivity contribution is -0.121. The van der Waals surface area contributed by atoms with Gasteiger partial charge in [-0.25, -0.2) is 0 Å². The van der Waals surface area contributed by atoms with Crippen molar-refractivity contribution in [2.24, 2.45) is 0 Å². The van der Waals surface area contributed by atoms with Crippen LogP contribution in [0.1, 0.15) is 32.8 Å². The molecule has 0 aliphatic rings. The highest BCUT2D eigenvalue weighted by atomic mass is 35.5. The lowest BCUT2D eigenvalue weighted by Crippen LogP contribution is -2.39. The highest BCUT2D eigenvalue weighted by Crippen LogP contribution is 2.14. The highest BCUT2D eigenvalue weighted by Gasteiger charge is 2.13. The topological polar surface area (TPSA) is 52.6 Å². The number of carbonyl (C=O) groups excluding carboxylic acids is 1. The smallest absolute Gasteiger partial charge is 0.221 e. The summed E-state index contributed by atoms with van der Waals surface area (Å²) in [6.07, 6.45) is 0.0219. The summed E-state index contributed by atoms with van der Waals surface area (Å²) in [5.41, 5.74) is 0.914. The molecular formula is C16H25ClN2O2. The number of nitrogens with one attached hydrogen (secondary N) is 1. The van der Waals surface area contributed by atoms with Gasteiger partial charge in [0, 0.05) is 37.1 Å². The number of aliphatic hydroxyl groups is 1. The summed E-state index contributed by atoms with van der Waals surface area (Å²) < 4.78 is 0. The van der Waals surface area contributed by atoms with Gasteiger partial charge >= 0.3 is 0 Å². The van der Waals surface area contributed by atoms with E-state index in [0.717, 1.165) is 5.56 Å². The second-order valence-corrected chi connectivity index (χ2v) is 5.96. The quantitative estimate of drug-likeness (QED) is 0.775. The molecule has 21 heavy (non-hydrogen) atoms. The van der Waals surface area contributed by atoms with Crippen molar-refractivity contribution in [3.63, 3.8) is 0 Å². The normalized spacial score (nSPS) is 12.7. The Bertz CT molecular complexity index is 450. The number of rotatable bonds is 8. The molecule has 0 fully saturated rings. The van der Waals surface area contributed by atoms with Crippen molar-refractivity contribution in [2.45, 2.75) is 45.9 Å². The standard InChI is InChI=1S/C16H25ClN2O2/c1-12(2)19(11-13(3)20)9-8-16(21)18-10-14-6-4-5-7-15(14)17/h4-7,12-13,20H,8-11H2,1-3H3,(H,18,21). The monoisotopic (exact) mass is 312 g/mol. The average molecular weight is 313 g/mol. The van der Waals surface area contributed by atoms with E-state index in [0.29, 0.717) is 37.1 Å². The van der Waals surface area contributed by atoms with E-state index < -0.39 is 6.10 Å². The molecule has 4 nitrogen and oxygen atoms in total. The summed E-state index contributed by atoms with van der Waals surface area (Å²) in [7, 11) is 0. The number of carbonyl (C=O) groups is 1. The molecule has 118 valence electrons. The molecule has 2 N–H and O–H groups in total. The number of nitrogens with zero attached hydrogens (tertiary/aromatic N) is 1. The van der Waals surface area contributed by atoms with Crippen LogP contribution >= 0.6 is 11.6 Å². The molecule has 0 saturated carbocycles. The number of hydrogen-bond donors (Lipinski definition) is 2. The summed E-state index contributed by atoms with van der Waals surface area (Å²) in [5.74, 6) is -0.00818. The third-order valence-corrected chi connectivity index (χ3v) is 3.66.